The molecule has 3 nitrogen and oxygen atoms in total. The second-order valence-electron chi connectivity index (χ2n) is 5.57. The molecule has 1 aromatic carbocycles. The highest BCUT2D eigenvalue weighted by atomic mass is 79.9. The van der Waals surface area contributed by atoms with Gasteiger partial charge in [-0.25, -0.2) is 0 Å². The fraction of sp³-hybridized carbons (Fsp3) is 0.625. The van der Waals surface area contributed by atoms with E-state index in [1.54, 1.807) is 7.11 Å². The molecule has 1 saturated heterocycles. The van der Waals surface area contributed by atoms with Crippen LogP contribution in [0.3, 0.4) is 0 Å². The summed E-state index contributed by atoms with van der Waals surface area (Å²) in [6.07, 6.45) is 3.96. The summed E-state index contributed by atoms with van der Waals surface area (Å²) in [5, 5.41) is 3.25. The van der Waals surface area contributed by atoms with E-state index < -0.39 is 0 Å². The van der Waals surface area contributed by atoms with Crippen LogP contribution in [0, 0.1) is 5.92 Å². The molecule has 0 radical (unpaired) electrons. The van der Waals surface area contributed by atoms with Crippen LogP contribution >= 0.6 is 15.9 Å². The maximum Gasteiger partial charge on any atom is 0.119 e. The Kier molecular flexibility index (Phi) is 6.33. The summed E-state index contributed by atoms with van der Waals surface area (Å²) in [5.74, 6) is 1.83. The fourth-order valence-corrected chi connectivity index (χ4v) is 3.19. The number of benzene rings is 1. The number of likely N-dealkylation sites (tertiary alicyclic amines) is 1. The standard InChI is InChI=1S/C16H25BrN2O/c1-18-8-5-13-6-9-19(10-7-13)12-14-11-15(20-2)3-4-16(14)17/h3-4,11,13,18H,5-10,12H2,1-2H3. The molecule has 1 fully saturated rings. The van der Waals surface area contributed by atoms with Crippen molar-refractivity contribution in [2.24, 2.45) is 5.92 Å². The van der Waals surface area contributed by atoms with Gasteiger partial charge in [0.15, 0.2) is 0 Å². The van der Waals surface area contributed by atoms with Gasteiger partial charge >= 0.3 is 0 Å². The van der Waals surface area contributed by atoms with E-state index in [4.69, 9.17) is 4.74 Å². The lowest BCUT2D eigenvalue weighted by atomic mass is 9.93. The quantitative estimate of drug-likeness (QED) is 0.859. The third-order valence-corrected chi connectivity index (χ3v) is 4.93. The highest BCUT2D eigenvalue weighted by molar-refractivity contribution is 9.10. The maximum atomic E-state index is 5.31. The first-order valence-corrected chi connectivity index (χ1v) is 8.21. The number of halogens is 1. The van der Waals surface area contributed by atoms with E-state index in [0.717, 1.165) is 24.8 Å². The Morgan fingerprint density at radius 3 is 2.75 bits per heavy atom. The van der Waals surface area contributed by atoms with E-state index in [1.165, 1.54) is 42.4 Å². The molecule has 0 bridgehead atoms. The monoisotopic (exact) mass is 340 g/mol. The smallest absolute Gasteiger partial charge is 0.119 e. The molecule has 112 valence electrons. The first kappa shape index (κ1) is 15.8. The minimum atomic E-state index is 0.896. The largest absolute Gasteiger partial charge is 0.497 e. The minimum absolute atomic E-state index is 0.896. The number of hydrogen-bond donors (Lipinski definition) is 1. The molecule has 2 rings (SSSR count). The van der Waals surface area contributed by atoms with Gasteiger partial charge < -0.3 is 10.1 Å². The van der Waals surface area contributed by atoms with Gasteiger partial charge in [0.05, 0.1) is 7.11 Å². The highest BCUT2D eigenvalue weighted by Crippen LogP contribution is 2.26. The van der Waals surface area contributed by atoms with Crippen LogP contribution in [0.1, 0.15) is 24.8 Å². The predicted octanol–water partition coefficient (Wildman–Crippen LogP) is 3.28. The van der Waals surface area contributed by atoms with Gasteiger partial charge in [0.25, 0.3) is 0 Å². The molecule has 0 aliphatic carbocycles. The van der Waals surface area contributed by atoms with Crippen LogP contribution in [-0.4, -0.2) is 38.7 Å². The van der Waals surface area contributed by atoms with Crippen molar-refractivity contribution in [3.63, 3.8) is 0 Å². The second-order valence-corrected chi connectivity index (χ2v) is 6.42. The summed E-state index contributed by atoms with van der Waals surface area (Å²) in [4.78, 5) is 2.55. The average Bonchev–Trinajstić information content (AvgIpc) is 2.49. The van der Waals surface area contributed by atoms with E-state index >= 15 is 0 Å². The minimum Gasteiger partial charge on any atom is -0.497 e. The highest BCUT2D eigenvalue weighted by Gasteiger charge is 2.19. The van der Waals surface area contributed by atoms with E-state index in [2.05, 4.69) is 38.3 Å². The lowest BCUT2D eigenvalue weighted by Crippen LogP contribution is -2.34. The fourth-order valence-electron chi connectivity index (χ4n) is 2.82. The average molecular weight is 341 g/mol. The first-order chi connectivity index (χ1) is 9.72. The molecule has 0 spiro atoms. The zero-order valence-electron chi connectivity index (χ0n) is 12.5. The van der Waals surface area contributed by atoms with Gasteiger partial charge in [0.2, 0.25) is 0 Å². The van der Waals surface area contributed by atoms with Gasteiger partial charge in [-0.3, -0.25) is 4.90 Å². The molecule has 0 atom stereocenters. The van der Waals surface area contributed by atoms with Crippen LogP contribution in [0.4, 0.5) is 0 Å². The summed E-state index contributed by atoms with van der Waals surface area (Å²) in [5.41, 5.74) is 1.32. The van der Waals surface area contributed by atoms with Crippen LogP contribution in [-0.2, 0) is 6.54 Å². The SMILES string of the molecule is CNCCC1CCN(Cc2cc(OC)ccc2Br)CC1. The van der Waals surface area contributed by atoms with Gasteiger partial charge in [0.1, 0.15) is 5.75 Å². The van der Waals surface area contributed by atoms with Crippen molar-refractivity contribution in [3.05, 3.63) is 28.2 Å². The number of nitrogens with zero attached hydrogens (tertiary/aromatic N) is 1. The third-order valence-electron chi connectivity index (χ3n) is 4.16. The lowest BCUT2D eigenvalue weighted by Gasteiger charge is -2.32. The Bertz CT molecular complexity index is 417. The Labute approximate surface area is 130 Å². The van der Waals surface area contributed by atoms with E-state index in [0.29, 0.717) is 0 Å². The Balaban J connectivity index is 1.86. The van der Waals surface area contributed by atoms with Crippen molar-refractivity contribution in [1.29, 1.82) is 0 Å². The summed E-state index contributed by atoms with van der Waals surface area (Å²) in [7, 11) is 3.76. The van der Waals surface area contributed by atoms with Gasteiger partial charge in [-0.15, -0.1) is 0 Å². The maximum absolute atomic E-state index is 5.31. The van der Waals surface area contributed by atoms with Gasteiger partial charge in [-0.1, -0.05) is 15.9 Å². The Morgan fingerprint density at radius 1 is 1.35 bits per heavy atom. The topological polar surface area (TPSA) is 24.5 Å². The number of nitrogens with one attached hydrogen (secondary N) is 1. The molecule has 0 saturated carbocycles. The van der Waals surface area contributed by atoms with Gasteiger partial charge in [0, 0.05) is 11.0 Å². The number of hydrogen-bond acceptors (Lipinski definition) is 3. The molecule has 0 unspecified atom stereocenters. The first-order valence-electron chi connectivity index (χ1n) is 7.42. The summed E-state index contributed by atoms with van der Waals surface area (Å²) in [6.45, 7) is 4.57. The molecule has 1 aliphatic rings. The zero-order chi connectivity index (χ0) is 14.4. The normalized spacial score (nSPS) is 17.4. The van der Waals surface area contributed by atoms with Crippen LogP contribution in [0.5, 0.6) is 5.75 Å². The Hall–Kier alpha value is -0.580. The molecule has 0 amide bonds. The molecular weight excluding hydrogens is 316 g/mol. The van der Waals surface area contributed by atoms with Crippen molar-refractivity contribution < 1.29 is 4.74 Å². The van der Waals surface area contributed by atoms with Crippen molar-refractivity contribution in [2.45, 2.75) is 25.8 Å². The lowest BCUT2D eigenvalue weighted by molar-refractivity contribution is 0.172. The zero-order valence-corrected chi connectivity index (χ0v) is 14.1. The number of ether oxygens (including phenoxy) is 1. The van der Waals surface area contributed by atoms with E-state index in [1.807, 2.05) is 13.1 Å². The summed E-state index contributed by atoms with van der Waals surface area (Å²) >= 11 is 3.64. The van der Waals surface area contributed by atoms with Crippen LogP contribution in [0.25, 0.3) is 0 Å². The van der Waals surface area contributed by atoms with Crippen LogP contribution in [0.15, 0.2) is 22.7 Å². The molecule has 1 N–H and O–H groups in total. The molecule has 1 heterocycles. The van der Waals surface area contributed by atoms with Crippen molar-refractivity contribution in [3.8, 4) is 5.75 Å². The third kappa shape index (κ3) is 4.47. The summed E-state index contributed by atoms with van der Waals surface area (Å²) < 4.78 is 6.49. The van der Waals surface area contributed by atoms with Gasteiger partial charge in [-0.05, 0) is 75.6 Å². The van der Waals surface area contributed by atoms with Crippen molar-refractivity contribution in [2.75, 3.05) is 33.8 Å². The summed E-state index contributed by atoms with van der Waals surface area (Å²) in [6, 6.07) is 6.21. The number of rotatable bonds is 6. The molecule has 1 aliphatic heterocycles. The van der Waals surface area contributed by atoms with Gasteiger partial charge in [-0.2, -0.15) is 0 Å². The Morgan fingerprint density at radius 2 is 2.10 bits per heavy atom. The molecule has 0 aromatic heterocycles. The van der Waals surface area contributed by atoms with E-state index in [-0.39, 0.29) is 0 Å². The second kappa shape index (κ2) is 8.01. The van der Waals surface area contributed by atoms with Crippen molar-refractivity contribution >= 4 is 15.9 Å². The van der Waals surface area contributed by atoms with Crippen molar-refractivity contribution in [1.82, 2.24) is 10.2 Å². The molecular formula is C16H25BrN2O. The van der Waals surface area contributed by atoms with Crippen LogP contribution < -0.4 is 10.1 Å². The van der Waals surface area contributed by atoms with E-state index in [9.17, 15) is 0 Å². The number of piperidine rings is 1. The molecule has 1 aromatic rings. The number of methoxy groups -OCH3 is 1. The predicted molar refractivity (Wildman–Crippen MR) is 87.2 cm³/mol. The van der Waals surface area contributed by atoms with Crippen LogP contribution in [0.2, 0.25) is 0 Å². The molecule has 4 heteroatoms. The molecule has 20 heavy (non-hydrogen) atoms.